The van der Waals surface area contributed by atoms with Gasteiger partial charge in [-0.2, -0.15) is 0 Å². The van der Waals surface area contributed by atoms with Crippen LogP contribution in [0, 0.1) is 5.92 Å². The second-order valence-electron chi connectivity index (χ2n) is 12.9. The molecule has 0 saturated heterocycles. The summed E-state index contributed by atoms with van der Waals surface area (Å²) in [5, 5.41) is 28.5. The fourth-order valence-electron chi connectivity index (χ4n) is 5.13. The Morgan fingerprint density at radius 1 is 0.759 bits per heavy atom. The van der Waals surface area contributed by atoms with E-state index in [2.05, 4.69) is 42.2 Å². The Balaban J connectivity index is 3.16. The van der Waals surface area contributed by atoms with Crippen LogP contribution in [0.2, 0.25) is 0 Å². The first-order valence-corrected chi connectivity index (χ1v) is 18.1. The molecular weight excluding hydrogens is 702 g/mol. The number of carbonyl (C=O) groups is 6. The van der Waals surface area contributed by atoms with Crippen molar-refractivity contribution in [2.24, 2.45) is 28.1 Å². The van der Waals surface area contributed by atoms with E-state index >= 15 is 0 Å². The number of aliphatic hydroxyl groups excluding tert-OH is 1. The number of nitrogens with two attached hydrogens (primary N) is 3. The highest BCUT2D eigenvalue weighted by Crippen LogP contribution is 2.09. The number of guanidine groups is 1. The largest absolute Gasteiger partial charge is 0.394 e. The highest BCUT2D eigenvalue weighted by atomic mass is 16.5. The van der Waals surface area contributed by atoms with E-state index in [1.165, 1.54) is 7.05 Å². The lowest BCUT2D eigenvalue weighted by molar-refractivity contribution is -0.136. The number of ether oxygens (including phenoxy) is 1. The molecule has 1 aromatic rings. The molecule has 5 atom stereocenters. The number of aliphatic hydroxyl groups is 1. The summed E-state index contributed by atoms with van der Waals surface area (Å²) in [7, 11) is 3.16. The van der Waals surface area contributed by atoms with E-state index in [-0.39, 0.29) is 51.4 Å². The molecule has 54 heavy (non-hydrogen) atoms. The van der Waals surface area contributed by atoms with E-state index in [1.54, 1.807) is 45.2 Å². The number of nitrogens with zero attached hydrogens (tertiary/aromatic N) is 1. The molecule has 0 bridgehead atoms. The lowest BCUT2D eigenvalue weighted by Gasteiger charge is -2.28. The smallest absolute Gasteiger partial charge is 0.246 e. The number of amides is 6. The van der Waals surface area contributed by atoms with Gasteiger partial charge < -0.3 is 64.3 Å². The predicted octanol–water partition coefficient (Wildman–Crippen LogP) is -3.53. The van der Waals surface area contributed by atoms with Gasteiger partial charge in [0.05, 0.1) is 13.2 Å². The first-order chi connectivity index (χ1) is 25.8. The minimum Gasteiger partial charge on any atom is -0.394 e. The van der Waals surface area contributed by atoms with Crippen molar-refractivity contribution in [3.63, 3.8) is 0 Å². The quantitative estimate of drug-likeness (QED) is 0.0236. The van der Waals surface area contributed by atoms with E-state index in [4.69, 9.17) is 21.9 Å². The van der Waals surface area contributed by atoms with Gasteiger partial charge in [0, 0.05) is 26.6 Å². The van der Waals surface area contributed by atoms with Crippen LogP contribution in [0.1, 0.15) is 51.5 Å². The number of likely N-dealkylation sites (N-methyl/N-ethyl adjacent to an activating group) is 2. The van der Waals surface area contributed by atoms with Crippen LogP contribution in [-0.4, -0.2) is 130 Å². The fourth-order valence-corrected chi connectivity index (χ4v) is 5.13. The van der Waals surface area contributed by atoms with Crippen molar-refractivity contribution < 1.29 is 38.6 Å². The highest BCUT2D eigenvalue weighted by molar-refractivity contribution is 5.96. The Kier molecular flexibility index (Phi) is 23.4. The van der Waals surface area contributed by atoms with Gasteiger partial charge >= 0.3 is 0 Å². The lowest BCUT2D eigenvalue weighted by atomic mass is 10.0. The van der Waals surface area contributed by atoms with E-state index in [0.717, 1.165) is 5.56 Å². The number of benzene rings is 1. The predicted molar refractivity (Wildman–Crippen MR) is 203 cm³/mol. The average Bonchev–Trinajstić information content (AvgIpc) is 3.14. The van der Waals surface area contributed by atoms with Gasteiger partial charge in [-0.3, -0.25) is 33.8 Å². The van der Waals surface area contributed by atoms with Crippen molar-refractivity contribution in [2.45, 2.75) is 82.6 Å². The monoisotopic (exact) mass is 763 g/mol. The van der Waals surface area contributed by atoms with E-state index in [1.807, 2.05) is 6.07 Å². The highest BCUT2D eigenvalue weighted by Gasteiger charge is 2.33. The molecule has 1 aromatic carbocycles. The molecule has 0 radical (unpaired) electrons. The Morgan fingerprint density at radius 2 is 1.35 bits per heavy atom. The van der Waals surface area contributed by atoms with Crippen LogP contribution < -0.4 is 54.4 Å². The van der Waals surface area contributed by atoms with Crippen LogP contribution >= 0.6 is 0 Å². The first-order valence-electron chi connectivity index (χ1n) is 18.1. The molecule has 1 rings (SSSR count). The Bertz CT molecular complexity index is 1350. The summed E-state index contributed by atoms with van der Waals surface area (Å²) in [6.07, 6.45) is 1.82. The number of unbranched alkanes of at least 4 members (excludes halogenated alkanes) is 1. The summed E-state index contributed by atoms with van der Waals surface area (Å²) in [5.74, 6) is -4.63. The van der Waals surface area contributed by atoms with Crippen molar-refractivity contribution in [1.82, 2.24) is 37.2 Å². The number of rotatable bonds is 27. The molecular formula is C35H61N11O8. The molecule has 304 valence electrons. The third kappa shape index (κ3) is 18.8. The molecule has 6 amide bonds. The molecule has 0 aromatic heterocycles. The van der Waals surface area contributed by atoms with Crippen LogP contribution in [0.5, 0.6) is 0 Å². The molecule has 1 unspecified atom stereocenters. The molecule has 0 saturated carbocycles. The van der Waals surface area contributed by atoms with Crippen LogP contribution in [0.25, 0.3) is 0 Å². The molecule has 0 aliphatic carbocycles. The molecule has 0 aliphatic heterocycles. The van der Waals surface area contributed by atoms with Crippen LogP contribution in [0.3, 0.4) is 0 Å². The lowest BCUT2D eigenvalue weighted by Crippen LogP contribution is -2.61. The molecule has 19 nitrogen and oxygen atoms in total. The van der Waals surface area contributed by atoms with Gasteiger partial charge in [-0.15, -0.1) is 0 Å². The third-order valence-electron chi connectivity index (χ3n) is 8.13. The maximum Gasteiger partial charge on any atom is 0.246 e. The number of hydrogen-bond donors (Lipinski definition) is 11. The van der Waals surface area contributed by atoms with Gasteiger partial charge in [-0.25, -0.2) is 0 Å². The van der Waals surface area contributed by atoms with Gasteiger partial charge in [0.1, 0.15) is 36.8 Å². The molecule has 0 heterocycles. The zero-order chi connectivity index (χ0) is 40.5. The second kappa shape index (κ2) is 26.8. The average molecular weight is 764 g/mol. The number of hydrogen-bond acceptors (Lipinski definition) is 11. The Morgan fingerprint density at radius 3 is 1.94 bits per heavy atom. The summed E-state index contributed by atoms with van der Waals surface area (Å²) in [6, 6.07) is 3.09. The molecule has 19 heteroatoms. The van der Waals surface area contributed by atoms with Gasteiger partial charge in [0.15, 0.2) is 5.96 Å². The molecule has 0 aliphatic rings. The summed E-state index contributed by atoms with van der Waals surface area (Å²) in [4.78, 5) is 83.2. The van der Waals surface area contributed by atoms with Crippen LogP contribution in [0.15, 0.2) is 35.3 Å². The minimum atomic E-state index is -1.46. The summed E-state index contributed by atoms with van der Waals surface area (Å²) in [6.45, 7) is 3.58. The second-order valence-corrected chi connectivity index (χ2v) is 12.9. The van der Waals surface area contributed by atoms with E-state index in [9.17, 15) is 33.9 Å². The Hall–Kier alpha value is -4.85. The normalized spacial score (nSPS) is 13.7. The van der Waals surface area contributed by atoms with Gasteiger partial charge in [0.25, 0.3) is 0 Å². The summed E-state index contributed by atoms with van der Waals surface area (Å²) < 4.78 is 5.32. The van der Waals surface area contributed by atoms with Crippen molar-refractivity contribution in [3.8, 4) is 0 Å². The number of aliphatic imine (C=N–C) groups is 1. The third-order valence-corrected chi connectivity index (χ3v) is 8.13. The van der Waals surface area contributed by atoms with Gasteiger partial charge in [-0.1, -0.05) is 44.2 Å². The topological polar surface area (TPSA) is 307 Å². The zero-order valence-corrected chi connectivity index (χ0v) is 31.8. The summed E-state index contributed by atoms with van der Waals surface area (Å²) >= 11 is 0. The van der Waals surface area contributed by atoms with Crippen molar-refractivity contribution >= 4 is 41.4 Å². The molecule has 0 spiro atoms. The zero-order valence-electron chi connectivity index (χ0n) is 31.8. The maximum absolute atomic E-state index is 13.8. The van der Waals surface area contributed by atoms with E-state index < -0.39 is 78.2 Å². The van der Waals surface area contributed by atoms with Crippen molar-refractivity contribution in [3.05, 3.63) is 35.9 Å². The standard InChI is InChI=1S/C35H61N11O8/c1-22(2)29(34(53)45-27(20-47)33(52)44-26(30(49)40-4)19-23-11-6-5-7-12-23)46-32(51)25(14-10-16-41-35(37)38)43-31(50)24(13-8-9-15-36)42-28(48)21-54-18-17-39-3/h5-7,11-12,22,24-27,29,39,47H,8-10,13-21,36H2,1-4H3,(H,40,49)(H,42,48)(H,43,50)(H,44,52)(H,45,53)(H,46,51)(H4,37,38,41)/t24-,25-,26-,27-,29?/m0/s1. The van der Waals surface area contributed by atoms with Crippen molar-refractivity contribution in [2.75, 3.05) is 53.6 Å². The van der Waals surface area contributed by atoms with Crippen LogP contribution in [-0.2, 0) is 39.9 Å². The Labute approximate surface area is 317 Å². The fraction of sp³-hybridized carbons (Fsp3) is 0.629. The number of nitrogens with one attached hydrogen (secondary N) is 7. The van der Waals surface area contributed by atoms with Crippen molar-refractivity contribution in [1.29, 1.82) is 0 Å². The van der Waals surface area contributed by atoms with Crippen LogP contribution in [0.4, 0.5) is 0 Å². The minimum absolute atomic E-state index is 0.0569. The SMILES string of the molecule is CNCCOCC(=O)N[C@@H](CCCCN)C(=O)N[C@@H](CCCN=C(N)N)C(=O)NC(C(=O)N[C@@H](CO)C(=O)N[C@@H](Cc1ccccc1)C(=O)NC)C(C)C. The summed E-state index contributed by atoms with van der Waals surface area (Å²) in [5.41, 5.74) is 17.3. The molecule has 0 fully saturated rings. The first kappa shape index (κ1) is 47.2. The number of carbonyl (C=O) groups excluding carboxylic acids is 6. The maximum atomic E-state index is 13.8. The van der Waals surface area contributed by atoms with Gasteiger partial charge in [0.2, 0.25) is 35.4 Å². The van der Waals surface area contributed by atoms with E-state index in [0.29, 0.717) is 25.9 Å². The van der Waals surface area contributed by atoms with Gasteiger partial charge in [-0.05, 0) is 57.2 Å². The molecule has 14 N–H and O–H groups in total.